The van der Waals surface area contributed by atoms with Gasteiger partial charge in [0.05, 0.1) is 5.69 Å². The molecule has 1 saturated heterocycles. The third-order valence-electron chi connectivity index (χ3n) is 4.28. The molecular weight excluding hydrogens is 310 g/mol. The van der Waals surface area contributed by atoms with E-state index in [2.05, 4.69) is 53.3 Å². The highest BCUT2D eigenvalue weighted by molar-refractivity contribution is 5.85. The Kier molecular flexibility index (Phi) is 6.63. The van der Waals surface area contributed by atoms with Crippen molar-refractivity contribution in [2.75, 3.05) is 19.6 Å². The molecule has 0 aliphatic carbocycles. The van der Waals surface area contributed by atoms with Gasteiger partial charge in [-0.1, -0.05) is 24.6 Å². The van der Waals surface area contributed by atoms with Crippen LogP contribution in [0.4, 0.5) is 0 Å². The van der Waals surface area contributed by atoms with Crippen LogP contribution in [-0.4, -0.2) is 35.6 Å². The van der Waals surface area contributed by atoms with E-state index in [1.54, 1.807) is 6.26 Å². The molecule has 0 spiro atoms. The van der Waals surface area contributed by atoms with Gasteiger partial charge in [-0.2, -0.15) is 0 Å². The quantitative estimate of drug-likeness (QED) is 0.875. The highest BCUT2D eigenvalue weighted by Gasteiger charge is 2.22. The Morgan fingerprint density at radius 2 is 2.09 bits per heavy atom. The average Bonchev–Trinajstić information content (AvgIpc) is 3.19. The molecule has 23 heavy (non-hydrogen) atoms. The summed E-state index contributed by atoms with van der Waals surface area (Å²) < 4.78 is 5.68. The molecule has 4 nitrogen and oxygen atoms in total. The number of hydrogen-bond donors (Lipinski definition) is 1. The van der Waals surface area contributed by atoms with Crippen molar-refractivity contribution >= 4 is 12.4 Å². The molecule has 1 fully saturated rings. The SMILES string of the molecule is CCCN(Cc1coc(-c2ccc(C)cc2)n1)C1CCNC1.Cl. The topological polar surface area (TPSA) is 41.3 Å². The maximum Gasteiger partial charge on any atom is 0.226 e. The van der Waals surface area contributed by atoms with Crippen molar-refractivity contribution < 1.29 is 4.42 Å². The van der Waals surface area contributed by atoms with Crippen molar-refractivity contribution in [1.29, 1.82) is 0 Å². The first kappa shape index (κ1) is 18.0. The van der Waals surface area contributed by atoms with Gasteiger partial charge in [0.1, 0.15) is 6.26 Å². The Morgan fingerprint density at radius 1 is 1.30 bits per heavy atom. The van der Waals surface area contributed by atoms with Crippen molar-refractivity contribution in [2.45, 2.75) is 39.3 Å². The van der Waals surface area contributed by atoms with E-state index in [0.29, 0.717) is 6.04 Å². The van der Waals surface area contributed by atoms with Gasteiger partial charge in [0, 0.05) is 24.7 Å². The summed E-state index contributed by atoms with van der Waals surface area (Å²) in [4.78, 5) is 7.20. The standard InChI is InChI=1S/C18H25N3O.ClH/c1-3-10-21(17-8-9-19-11-17)12-16-13-22-18(20-16)15-6-4-14(2)5-7-15;/h4-7,13,17,19H,3,8-12H2,1-2H3;1H. The molecule has 0 saturated carbocycles. The zero-order valence-corrected chi connectivity index (χ0v) is 14.7. The fourth-order valence-corrected chi connectivity index (χ4v) is 3.05. The first-order valence-corrected chi connectivity index (χ1v) is 8.22. The molecule has 5 heteroatoms. The molecule has 1 aliphatic rings. The lowest BCUT2D eigenvalue weighted by Gasteiger charge is -2.26. The van der Waals surface area contributed by atoms with Gasteiger partial charge in [-0.15, -0.1) is 12.4 Å². The average molecular weight is 336 g/mol. The summed E-state index contributed by atoms with van der Waals surface area (Å²) in [5, 5.41) is 3.45. The Morgan fingerprint density at radius 3 is 2.74 bits per heavy atom. The zero-order chi connectivity index (χ0) is 15.4. The Balaban J connectivity index is 0.00000192. The predicted octanol–water partition coefficient (Wildman–Crippen LogP) is 3.65. The van der Waals surface area contributed by atoms with Crippen LogP contribution in [0.3, 0.4) is 0 Å². The number of hydrogen-bond acceptors (Lipinski definition) is 4. The molecule has 1 aliphatic heterocycles. The smallest absolute Gasteiger partial charge is 0.226 e. The van der Waals surface area contributed by atoms with Gasteiger partial charge < -0.3 is 9.73 Å². The van der Waals surface area contributed by atoms with Crippen LogP contribution >= 0.6 is 12.4 Å². The molecule has 2 aromatic rings. The van der Waals surface area contributed by atoms with Gasteiger partial charge in [0.15, 0.2) is 0 Å². The van der Waals surface area contributed by atoms with Crippen LogP contribution in [0.15, 0.2) is 34.9 Å². The molecule has 126 valence electrons. The number of nitrogens with zero attached hydrogens (tertiary/aromatic N) is 2. The van der Waals surface area contributed by atoms with Crippen LogP contribution in [0.25, 0.3) is 11.5 Å². The first-order chi connectivity index (χ1) is 10.8. The van der Waals surface area contributed by atoms with Crippen LogP contribution in [0.2, 0.25) is 0 Å². The largest absolute Gasteiger partial charge is 0.444 e. The summed E-state index contributed by atoms with van der Waals surface area (Å²) in [6.07, 6.45) is 4.20. The summed E-state index contributed by atoms with van der Waals surface area (Å²) >= 11 is 0. The second-order valence-corrected chi connectivity index (χ2v) is 6.13. The minimum atomic E-state index is 0. The predicted molar refractivity (Wildman–Crippen MR) is 95.9 cm³/mol. The number of aromatic nitrogens is 1. The van der Waals surface area contributed by atoms with E-state index >= 15 is 0 Å². The third-order valence-corrected chi connectivity index (χ3v) is 4.28. The maximum atomic E-state index is 5.68. The molecule has 0 radical (unpaired) electrons. The number of halogens is 1. The van der Waals surface area contributed by atoms with Gasteiger partial charge in [0.25, 0.3) is 0 Å². The van der Waals surface area contributed by atoms with Crippen molar-refractivity contribution in [3.63, 3.8) is 0 Å². The Hall–Kier alpha value is -1.36. The maximum absolute atomic E-state index is 5.68. The molecule has 1 N–H and O–H groups in total. The van der Waals surface area contributed by atoms with E-state index < -0.39 is 0 Å². The van der Waals surface area contributed by atoms with E-state index in [9.17, 15) is 0 Å². The number of benzene rings is 1. The highest BCUT2D eigenvalue weighted by Crippen LogP contribution is 2.21. The van der Waals surface area contributed by atoms with Gasteiger partial charge in [-0.05, 0) is 45.0 Å². The summed E-state index contributed by atoms with van der Waals surface area (Å²) in [5.74, 6) is 0.719. The summed E-state index contributed by atoms with van der Waals surface area (Å²) in [6, 6.07) is 8.93. The van der Waals surface area contributed by atoms with Crippen LogP contribution in [-0.2, 0) is 6.54 Å². The lowest BCUT2D eigenvalue weighted by atomic mass is 10.1. The monoisotopic (exact) mass is 335 g/mol. The lowest BCUT2D eigenvalue weighted by Crippen LogP contribution is -2.37. The Bertz CT molecular complexity index is 591. The summed E-state index contributed by atoms with van der Waals surface area (Å²) in [6.45, 7) is 8.51. The van der Waals surface area contributed by atoms with Gasteiger partial charge in [-0.25, -0.2) is 4.98 Å². The van der Waals surface area contributed by atoms with Gasteiger partial charge in [-0.3, -0.25) is 4.90 Å². The minimum Gasteiger partial charge on any atom is -0.444 e. The van der Waals surface area contributed by atoms with Crippen LogP contribution in [0.5, 0.6) is 0 Å². The van der Waals surface area contributed by atoms with Crippen molar-refractivity contribution in [2.24, 2.45) is 0 Å². The Labute approximate surface area is 144 Å². The lowest BCUT2D eigenvalue weighted by molar-refractivity contribution is 0.197. The molecule has 0 bridgehead atoms. The van der Waals surface area contributed by atoms with Crippen molar-refractivity contribution in [3.8, 4) is 11.5 Å². The summed E-state index contributed by atoms with van der Waals surface area (Å²) in [5.41, 5.74) is 3.32. The molecule has 1 unspecified atom stereocenters. The molecule has 0 amide bonds. The molecule has 1 atom stereocenters. The fourth-order valence-electron chi connectivity index (χ4n) is 3.05. The molecule has 1 aromatic heterocycles. The summed E-state index contributed by atoms with van der Waals surface area (Å²) in [7, 11) is 0. The van der Waals surface area contributed by atoms with Gasteiger partial charge in [0.2, 0.25) is 5.89 Å². The second kappa shape index (κ2) is 8.48. The van der Waals surface area contributed by atoms with Gasteiger partial charge >= 0.3 is 0 Å². The number of rotatable bonds is 6. The van der Waals surface area contributed by atoms with E-state index in [-0.39, 0.29) is 12.4 Å². The van der Waals surface area contributed by atoms with Crippen LogP contribution in [0, 0.1) is 6.92 Å². The van der Waals surface area contributed by atoms with Crippen molar-refractivity contribution in [3.05, 3.63) is 41.8 Å². The van der Waals surface area contributed by atoms with Crippen LogP contribution in [0.1, 0.15) is 31.0 Å². The molecule has 2 heterocycles. The van der Waals surface area contributed by atoms with E-state index in [1.807, 2.05) is 0 Å². The fraction of sp³-hybridized carbons (Fsp3) is 0.500. The van der Waals surface area contributed by atoms with Crippen LogP contribution < -0.4 is 5.32 Å². The van der Waals surface area contributed by atoms with E-state index in [1.165, 1.54) is 18.4 Å². The second-order valence-electron chi connectivity index (χ2n) is 6.13. The molecule has 1 aromatic carbocycles. The third kappa shape index (κ3) is 4.56. The van der Waals surface area contributed by atoms with Crippen molar-refractivity contribution in [1.82, 2.24) is 15.2 Å². The number of nitrogens with one attached hydrogen (secondary N) is 1. The van der Waals surface area contributed by atoms with E-state index in [4.69, 9.17) is 4.42 Å². The number of aryl methyl sites for hydroxylation is 1. The molecular formula is C18H26ClN3O. The minimum absolute atomic E-state index is 0. The first-order valence-electron chi connectivity index (χ1n) is 8.22. The highest BCUT2D eigenvalue weighted by atomic mass is 35.5. The number of oxazole rings is 1. The molecule has 3 rings (SSSR count). The normalized spacial score (nSPS) is 17.4. The zero-order valence-electron chi connectivity index (χ0n) is 13.9. The van der Waals surface area contributed by atoms with E-state index in [0.717, 1.165) is 43.3 Å².